The third-order valence-electron chi connectivity index (χ3n) is 4.12. The average Bonchev–Trinajstić information content (AvgIpc) is 2.50. The lowest BCUT2D eigenvalue weighted by molar-refractivity contribution is -0.111. The number of likely N-dealkylation sites (tertiary alicyclic amines) is 1. The molecule has 23 heavy (non-hydrogen) atoms. The number of nitrogens with zero attached hydrogens (tertiary/aromatic N) is 1. The Labute approximate surface area is 142 Å². The van der Waals surface area contributed by atoms with Crippen LogP contribution in [0.1, 0.15) is 30.6 Å². The first-order valence-corrected chi connectivity index (χ1v) is 8.35. The summed E-state index contributed by atoms with van der Waals surface area (Å²) >= 11 is 5.84. The van der Waals surface area contributed by atoms with Crippen LogP contribution in [-0.2, 0) is 0 Å². The highest BCUT2D eigenvalue weighted by Crippen LogP contribution is 2.23. The van der Waals surface area contributed by atoms with E-state index in [0.29, 0.717) is 29.5 Å². The monoisotopic (exact) mass is 340 g/mol. The molecule has 1 amide bonds. The molecule has 0 saturated carbocycles. The Morgan fingerprint density at radius 3 is 2.70 bits per heavy atom. The summed E-state index contributed by atoms with van der Waals surface area (Å²) in [5.41, 5.74) is -0.793. The summed E-state index contributed by atoms with van der Waals surface area (Å²) in [6.45, 7) is 5.70. The van der Waals surface area contributed by atoms with Gasteiger partial charge in [0.2, 0.25) is 0 Å². The molecule has 1 aromatic rings. The molecule has 5 nitrogen and oxygen atoms in total. The van der Waals surface area contributed by atoms with Gasteiger partial charge in [0.15, 0.2) is 0 Å². The molecule has 2 atom stereocenters. The van der Waals surface area contributed by atoms with Crippen molar-refractivity contribution in [3.63, 3.8) is 0 Å². The molecule has 1 aliphatic rings. The van der Waals surface area contributed by atoms with Crippen LogP contribution in [0.3, 0.4) is 0 Å². The summed E-state index contributed by atoms with van der Waals surface area (Å²) in [5, 5.41) is 24.6. The molecule has 3 N–H and O–H groups in total. The first-order chi connectivity index (χ1) is 10.8. The van der Waals surface area contributed by atoms with E-state index in [9.17, 15) is 15.0 Å². The number of β-amino-alcohol motifs (C(OH)–C–C–N with tert-alkyl or cyclic N) is 1. The molecule has 0 bridgehead atoms. The van der Waals surface area contributed by atoms with Crippen LogP contribution < -0.4 is 5.32 Å². The molecule has 1 saturated heterocycles. The molecule has 0 radical (unpaired) electrons. The van der Waals surface area contributed by atoms with E-state index in [0.717, 1.165) is 6.54 Å². The van der Waals surface area contributed by atoms with Crippen molar-refractivity contribution in [2.24, 2.45) is 5.92 Å². The molecule has 1 fully saturated rings. The lowest BCUT2D eigenvalue weighted by Crippen LogP contribution is -2.62. The third-order valence-corrected chi connectivity index (χ3v) is 4.37. The zero-order valence-corrected chi connectivity index (χ0v) is 14.4. The Hall–Kier alpha value is -1.14. The summed E-state index contributed by atoms with van der Waals surface area (Å²) in [5.74, 6) is 0.294. The molecule has 0 unspecified atom stereocenters. The van der Waals surface area contributed by atoms with Crippen molar-refractivity contribution in [3.05, 3.63) is 34.9 Å². The highest BCUT2D eigenvalue weighted by Gasteiger charge is 2.42. The Morgan fingerprint density at radius 2 is 2.09 bits per heavy atom. The number of carbonyl (C=O) groups excluding carboxylic acids is 1. The number of halogens is 1. The second-order valence-corrected chi connectivity index (χ2v) is 7.10. The van der Waals surface area contributed by atoms with Crippen molar-refractivity contribution in [1.29, 1.82) is 0 Å². The van der Waals surface area contributed by atoms with Crippen molar-refractivity contribution in [3.8, 4) is 0 Å². The number of aliphatic hydroxyl groups is 2. The Bertz CT molecular complexity index is 535. The second kappa shape index (κ2) is 7.62. The number of amides is 1. The van der Waals surface area contributed by atoms with Gasteiger partial charge in [-0.3, -0.25) is 4.79 Å². The summed E-state index contributed by atoms with van der Waals surface area (Å²) < 4.78 is 0. The summed E-state index contributed by atoms with van der Waals surface area (Å²) in [4.78, 5) is 14.1. The summed E-state index contributed by atoms with van der Waals surface area (Å²) in [6, 6.07) is 6.69. The number of benzene rings is 1. The van der Waals surface area contributed by atoms with Crippen molar-refractivity contribution in [2.75, 3.05) is 26.2 Å². The first-order valence-electron chi connectivity index (χ1n) is 7.98. The van der Waals surface area contributed by atoms with E-state index in [1.54, 1.807) is 29.2 Å². The normalized spacial score (nSPS) is 25.0. The molecule has 128 valence electrons. The smallest absolute Gasteiger partial charge is 0.253 e. The van der Waals surface area contributed by atoms with Crippen molar-refractivity contribution < 1.29 is 15.0 Å². The van der Waals surface area contributed by atoms with Gasteiger partial charge in [-0.25, -0.2) is 0 Å². The zero-order chi connectivity index (χ0) is 17.0. The van der Waals surface area contributed by atoms with E-state index in [2.05, 4.69) is 19.2 Å². The van der Waals surface area contributed by atoms with Crippen LogP contribution in [0.25, 0.3) is 0 Å². The maximum Gasteiger partial charge on any atom is 0.253 e. The van der Waals surface area contributed by atoms with Crippen molar-refractivity contribution in [1.82, 2.24) is 10.2 Å². The fourth-order valence-electron chi connectivity index (χ4n) is 2.76. The van der Waals surface area contributed by atoms with Crippen LogP contribution >= 0.6 is 11.6 Å². The maximum absolute atomic E-state index is 12.6. The standard InChI is InChI=1S/C17H25ClN2O3/c1-12(2)9-19-10-17(23)11-20(8-7-15(17)21)16(22)13-3-5-14(18)6-4-13/h3-6,12,15,19,21,23H,7-11H2,1-2H3/t15-,17+/m0/s1. The first kappa shape index (κ1) is 18.2. The molecule has 0 spiro atoms. The largest absolute Gasteiger partial charge is 0.390 e. The SMILES string of the molecule is CC(C)CNC[C@@]1(O)CN(C(=O)c2ccc(Cl)cc2)CC[C@@H]1O. The van der Waals surface area contributed by atoms with Crippen LogP contribution in [0.4, 0.5) is 0 Å². The van der Waals surface area contributed by atoms with E-state index in [4.69, 9.17) is 11.6 Å². The van der Waals surface area contributed by atoms with Crippen LogP contribution in [0.5, 0.6) is 0 Å². The van der Waals surface area contributed by atoms with E-state index in [-0.39, 0.29) is 19.0 Å². The Morgan fingerprint density at radius 1 is 1.43 bits per heavy atom. The number of carbonyl (C=O) groups is 1. The lowest BCUT2D eigenvalue weighted by Gasteiger charge is -2.43. The number of hydrogen-bond acceptors (Lipinski definition) is 4. The van der Waals surface area contributed by atoms with Crippen LogP contribution in [-0.4, -0.2) is 58.9 Å². The Balaban J connectivity index is 2.03. The summed E-state index contributed by atoms with van der Waals surface area (Å²) in [7, 11) is 0. The average molecular weight is 341 g/mol. The van der Waals surface area contributed by atoms with Gasteiger partial charge in [-0.05, 0) is 43.1 Å². The van der Waals surface area contributed by atoms with Crippen LogP contribution in [0.15, 0.2) is 24.3 Å². The molecular weight excluding hydrogens is 316 g/mol. The third kappa shape index (κ3) is 4.67. The number of aliphatic hydroxyl groups excluding tert-OH is 1. The molecule has 2 rings (SSSR count). The van der Waals surface area contributed by atoms with Crippen LogP contribution in [0, 0.1) is 5.92 Å². The highest BCUT2D eigenvalue weighted by atomic mass is 35.5. The minimum absolute atomic E-state index is 0.112. The van der Waals surface area contributed by atoms with Crippen LogP contribution in [0.2, 0.25) is 5.02 Å². The molecule has 1 aliphatic heterocycles. The number of hydrogen-bond donors (Lipinski definition) is 3. The molecule has 0 aromatic heterocycles. The molecular formula is C17H25ClN2O3. The van der Waals surface area contributed by atoms with Gasteiger partial charge < -0.3 is 20.4 Å². The van der Waals surface area contributed by atoms with Gasteiger partial charge in [0.05, 0.1) is 12.6 Å². The van der Waals surface area contributed by atoms with Gasteiger partial charge >= 0.3 is 0 Å². The molecule has 0 aliphatic carbocycles. The van der Waals surface area contributed by atoms with Gasteiger partial charge in [0, 0.05) is 23.7 Å². The van der Waals surface area contributed by atoms with Gasteiger partial charge in [-0.2, -0.15) is 0 Å². The maximum atomic E-state index is 12.6. The van der Waals surface area contributed by atoms with Gasteiger partial charge in [-0.15, -0.1) is 0 Å². The van der Waals surface area contributed by atoms with E-state index in [1.165, 1.54) is 0 Å². The van der Waals surface area contributed by atoms with Gasteiger partial charge in [0.25, 0.3) is 5.91 Å². The topological polar surface area (TPSA) is 72.8 Å². The van der Waals surface area contributed by atoms with Crippen molar-refractivity contribution in [2.45, 2.75) is 32.0 Å². The van der Waals surface area contributed by atoms with E-state index < -0.39 is 11.7 Å². The molecule has 6 heteroatoms. The quantitative estimate of drug-likeness (QED) is 0.760. The minimum Gasteiger partial charge on any atom is -0.390 e. The second-order valence-electron chi connectivity index (χ2n) is 6.67. The fourth-order valence-corrected chi connectivity index (χ4v) is 2.89. The fraction of sp³-hybridized carbons (Fsp3) is 0.588. The van der Waals surface area contributed by atoms with Gasteiger partial charge in [0.1, 0.15) is 5.60 Å². The zero-order valence-electron chi connectivity index (χ0n) is 13.6. The molecule has 1 aromatic carbocycles. The predicted octanol–water partition coefficient (Wildman–Crippen LogP) is 1.52. The lowest BCUT2D eigenvalue weighted by atomic mass is 9.89. The van der Waals surface area contributed by atoms with E-state index >= 15 is 0 Å². The van der Waals surface area contributed by atoms with E-state index in [1.807, 2.05) is 0 Å². The predicted molar refractivity (Wildman–Crippen MR) is 90.6 cm³/mol. The number of nitrogens with one attached hydrogen (secondary N) is 1. The number of piperidine rings is 1. The summed E-state index contributed by atoms with van der Waals surface area (Å²) in [6.07, 6.45) is -0.476. The Kier molecular flexibility index (Phi) is 6.03. The minimum atomic E-state index is -1.32. The van der Waals surface area contributed by atoms with Crippen molar-refractivity contribution >= 4 is 17.5 Å². The molecule has 1 heterocycles. The van der Waals surface area contributed by atoms with Gasteiger partial charge in [-0.1, -0.05) is 25.4 Å². The number of rotatable bonds is 5. The highest BCUT2D eigenvalue weighted by molar-refractivity contribution is 6.30.